The number of benzene rings is 1. The molecule has 85 heavy (non-hydrogen) atoms. The Bertz CT molecular complexity index is 2490. The SMILES string of the molecule is [NH-]CCCC[C@@H](CNCC(=O)N[C@@H](CCCN=C(N)N)C(=O)N1CCC[C@H]1C(=O)N1C[C@H](O)C[C@H]1C(=O)NCC(=O)N[C@H](C(=O)N[C@@H](CO)C(=O)N1Cc2ccccc2C[C@@H]1C(=O)N[C@H](C(=O)O)C1CCCC1)C1CCCC1)NC(=O)C[NH-].[W].[Y]. The van der Waals surface area contributed by atoms with Crippen LogP contribution in [0.2, 0.25) is 0 Å². The number of unbranched alkanes of at least 4 members (excludes halogenated alkanes) is 1. The van der Waals surface area contributed by atoms with Crippen LogP contribution in [0.1, 0.15) is 114 Å². The molecule has 5 aliphatic rings. The number of carbonyl (C=O) groups is 10. The van der Waals surface area contributed by atoms with Crippen molar-refractivity contribution >= 4 is 65.1 Å². The molecule has 4 fully saturated rings. The summed E-state index contributed by atoms with van der Waals surface area (Å²) in [6.07, 6.45) is 6.92. The molecule has 1 radical (unpaired) electrons. The summed E-state index contributed by atoms with van der Waals surface area (Å²) in [6, 6.07) is -1.85. The number of carboxylic acids is 1. The smallest absolute Gasteiger partial charge is 0.326 e. The van der Waals surface area contributed by atoms with Crippen molar-refractivity contribution in [2.24, 2.45) is 28.3 Å². The van der Waals surface area contributed by atoms with Crippen LogP contribution in [-0.2, 0) is 115 Å². The van der Waals surface area contributed by atoms with Crippen molar-refractivity contribution in [1.82, 2.24) is 51.9 Å². The maximum atomic E-state index is 14.4. The molecule has 2 aliphatic carbocycles. The number of aliphatic hydroxyl groups excluding tert-OH is 2. The van der Waals surface area contributed by atoms with Gasteiger partial charge in [-0.05, 0) is 80.8 Å². The van der Waals surface area contributed by atoms with Crippen LogP contribution in [0.5, 0.6) is 0 Å². The largest absolute Gasteiger partial charge is 0.677 e. The number of amides is 9. The van der Waals surface area contributed by atoms with Gasteiger partial charge in [0.1, 0.15) is 42.3 Å². The van der Waals surface area contributed by atoms with Crippen molar-refractivity contribution < 1.29 is 117 Å². The van der Waals surface area contributed by atoms with Gasteiger partial charge in [0.05, 0.1) is 25.8 Å². The molecule has 9 amide bonds. The van der Waals surface area contributed by atoms with Gasteiger partial charge >= 0.3 is 5.97 Å². The third kappa shape index (κ3) is 21.0. The first-order chi connectivity index (χ1) is 39.8. The van der Waals surface area contributed by atoms with E-state index in [2.05, 4.69) is 42.2 Å². The number of likely N-dealkylation sites (tertiary alicyclic amines) is 2. The molecule has 0 bridgehead atoms. The fourth-order valence-electron chi connectivity index (χ4n) is 12.1. The van der Waals surface area contributed by atoms with Gasteiger partial charge in [-0.1, -0.05) is 69.3 Å². The fourth-order valence-corrected chi connectivity index (χ4v) is 12.1. The molecule has 9 atom stereocenters. The zero-order chi connectivity index (χ0) is 60.2. The number of hydrogen-bond acceptors (Lipinski definition) is 14. The molecular weight excluding hydrogens is 1350 g/mol. The van der Waals surface area contributed by atoms with Gasteiger partial charge in [0.2, 0.25) is 47.3 Å². The van der Waals surface area contributed by atoms with Gasteiger partial charge in [0.25, 0.3) is 0 Å². The van der Waals surface area contributed by atoms with E-state index in [9.17, 15) is 63.3 Å². The van der Waals surface area contributed by atoms with Gasteiger partial charge in [-0.2, -0.15) is 6.54 Å². The Hall–Kier alpha value is -5.22. The monoisotopic (exact) mass is 1440 g/mol. The molecule has 2 saturated carbocycles. The van der Waals surface area contributed by atoms with Gasteiger partial charge in [0, 0.05) is 105 Å². The zero-order valence-electron chi connectivity index (χ0n) is 48.1. The van der Waals surface area contributed by atoms with E-state index >= 15 is 0 Å². The molecule has 1 aromatic rings. The number of nitrogens with one attached hydrogen (secondary N) is 9. The Balaban J connectivity index is 0.00000774. The Morgan fingerprint density at radius 1 is 0.682 bits per heavy atom. The van der Waals surface area contributed by atoms with Gasteiger partial charge in [-0.3, -0.25) is 48.1 Å². The number of aliphatic hydroxyl groups is 2. The summed E-state index contributed by atoms with van der Waals surface area (Å²) in [5.41, 5.74) is 27.3. The number of aliphatic imine (C=N–C) groups is 1. The molecule has 28 nitrogen and oxygen atoms in total. The molecule has 0 spiro atoms. The summed E-state index contributed by atoms with van der Waals surface area (Å²) in [7, 11) is 0. The maximum absolute atomic E-state index is 14.4. The second-order valence-corrected chi connectivity index (χ2v) is 22.3. The number of nitrogens with zero attached hydrogens (tertiary/aromatic N) is 4. The number of fused-ring (bicyclic) bond motifs is 1. The molecule has 16 N–H and O–H groups in total. The minimum Gasteiger partial charge on any atom is -0.677 e. The van der Waals surface area contributed by atoms with Gasteiger partial charge in [0.15, 0.2) is 11.9 Å². The Morgan fingerprint density at radius 2 is 1.33 bits per heavy atom. The standard InChI is InChI=1S/C55H85N15O13.W.Y/c56-20-8-7-17-36(63-43(73)25-57)26-60-27-44(74)64-38(18-9-21-61-55(58)59)51(79)68-22-10-19-40(68)53(81)70-30-37(72)24-42(70)48(76)62-28-45(75)66-46(32-11-1-2-12-32)50(78)65-39(31-71)52(80)69-29-35-16-6-5-15-34(35)23-41(69)49(77)67-47(54(82)83)33-13-3-4-14-33;;/h5-6,15-16,32-33,36-42,46-47,56-57,60,71-72H,1-4,7-14,17-31H2,(H,62,76)(H,63,73)(H,64,74)(H,65,78)(H,66,75)(H,67,77)(H,82,83)(H4,58,59,61);;/q-2;;/t36-,37+,38-,39-,40-,41+,42-,46-,47-;;/m0../s1. The molecule has 30 heteroatoms. The Morgan fingerprint density at radius 3 is 1.96 bits per heavy atom. The van der Waals surface area contributed by atoms with Crippen LogP contribution < -0.4 is 48.7 Å². The van der Waals surface area contributed by atoms with E-state index < -0.39 is 139 Å². The average Bonchev–Trinajstić information content (AvgIpc) is 4.49. The molecule has 469 valence electrons. The third-order valence-electron chi connectivity index (χ3n) is 16.4. The van der Waals surface area contributed by atoms with Crippen molar-refractivity contribution in [3.63, 3.8) is 0 Å². The van der Waals surface area contributed by atoms with Crippen LogP contribution in [0.3, 0.4) is 0 Å². The first kappa shape index (κ1) is 72.3. The number of aliphatic carboxylic acids is 1. The Labute approximate surface area is 534 Å². The number of hydrogen-bond donors (Lipinski definition) is 12. The molecule has 3 heterocycles. The minimum atomic E-state index is -1.57. The van der Waals surface area contributed by atoms with Crippen molar-refractivity contribution in [3.8, 4) is 0 Å². The summed E-state index contributed by atoms with van der Waals surface area (Å²) < 4.78 is 0. The van der Waals surface area contributed by atoms with Gasteiger partial charge in [-0.15, -0.1) is 0 Å². The average molecular weight is 1440 g/mol. The molecular formula is C55H85N15O13WY-2. The first-order valence-electron chi connectivity index (χ1n) is 29.2. The molecule has 6 rings (SSSR count). The summed E-state index contributed by atoms with van der Waals surface area (Å²) in [5.74, 6) is -8.12. The van der Waals surface area contributed by atoms with Crippen molar-refractivity contribution in [2.75, 3.05) is 59.0 Å². The molecule has 3 aliphatic heterocycles. The van der Waals surface area contributed by atoms with Crippen molar-refractivity contribution in [2.45, 2.75) is 170 Å². The Kier molecular flexibility index (Phi) is 30.8. The minimum absolute atomic E-state index is 0. The van der Waals surface area contributed by atoms with E-state index in [-0.39, 0.29) is 144 Å². The predicted octanol–water partition coefficient (Wildman–Crippen LogP) is -2.20. The van der Waals surface area contributed by atoms with Crippen LogP contribution in [0.4, 0.5) is 0 Å². The van der Waals surface area contributed by atoms with Crippen LogP contribution >= 0.6 is 0 Å². The summed E-state index contributed by atoms with van der Waals surface area (Å²) >= 11 is 0. The number of β-amino-alcohol motifs (C(OH)–C–C–N with tert-alkyl or cyclic N) is 1. The molecule has 2 saturated heterocycles. The van der Waals surface area contributed by atoms with Gasteiger partial charge < -0.3 is 90.2 Å². The van der Waals surface area contributed by atoms with Crippen LogP contribution in [0.15, 0.2) is 29.3 Å². The second-order valence-electron chi connectivity index (χ2n) is 22.3. The van der Waals surface area contributed by atoms with E-state index in [1.807, 2.05) is 6.07 Å². The molecule has 1 aromatic carbocycles. The van der Waals surface area contributed by atoms with E-state index in [0.29, 0.717) is 51.4 Å². The maximum Gasteiger partial charge on any atom is 0.326 e. The number of carboxylic acid groups (broad SMARTS) is 1. The van der Waals surface area contributed by atoms with E-state index in [0.717, 1.165) is 36.8 Å². The summed E-state index contributed by atoms with van der Waals surface area (Å²) in [5, 5.41) is 50.5. The van der Waals surface area contributed by atoms with Crippen molar-refractivity contribution in [1.29, 1.82) is 0 Å². The van der Waals surface area contributed by atoms with Crippen LogP contribution in [0.25, 0.3) is 11.5 Å². The number of carbonyl (C=O) groups excluding carboxylic acids is 9. The normalized spacial score (nSPS) is 21.1. The summed E-state index contributed by atoms with van der Waals surface area (Å²) in [6.45, 7) is -1.91. The third-order valence-corrected chi connectivity index (χ3v) is 16.4. The van der Waals surface area contributed by atoms with Crippen LogP contribution in [-0.4, -0.2) is 209 Å². The number of nitrogens with two attached hydrogens (primary N) is 2. The van der Waals surface area contributed by atoms with Gasteiger partial charge in [-0.25, -0.2) is 4.79 Å². The topological polar surface area (TPSA) is 437 Å². The van der Waals surface area contributed by atoms with Crippen molar-refractivity contribution in [3.05, 3.63) is 46.9 Å². The molecule has 0 aromatic heterocycles. The van der Waals surface area contributed by atoms with E-state index in [1.54, 1.807) is 18.2 Å². The number of rotatable bonds is 30. The molecule has 0 unspecified atom stereocenters. The number of guanidine groups is 1. The second kappa shape index (κ2) is 36.2. The fraction of sp³-hybridized carbons (Fsp3) is 0.691. The quantitative estimate of drug-likeness (QED) is 0.0221. The predicted molar refractivity (Wildman–Crippen MR) is 302 cm³/mol. The van der Waals surface area contributed by atoms with E-state index in [1.165, 1.54) is 14.7 Å². The zero-order valence-corrected chi connectivity index (χ0v) is 53.9. The summed E-state index contributed by atoms with van der Waals surface area (Å²) in [4.78, 5) is 144. The first-order valence-corrected chi connectivity index (χ1v) is 29.2. The van der Waals surface area contributed by atoms with Crippen LogP contribution in [0, 0.1) is 11.8 Å². The van der Waals surface area contributed by atoms with E-state index in [4.69, 9.17) is 22.9 Å².